The van der Waals surface area contributed by atoms with Crippen LogP contribution in [0.4, 0.5) is 11.5 Å². The molecule has 0 radical (unpaired) electrons. The first-order valence-corrected chi connectivity index (χ1v) is 8.57. The van der Waals surface area contributed by atoms with Gasteiger partial charge in [0.25, 0.3) is 0 Å². The summed E-state index contributed by atoms with van der Waals surface area (Å²) >= 11 is 5.23. The fourth-order valence-electron chi connectivity index (χ4n) is 2.29. The van der Waals surface area contributed by atoms with Crippen LogP contribution < -0.4 is 4.90 Å². The lowest BCUT2D eigenvalue weighted by atomic mass is 10.1. The molecular weight excluding hydrogens is 334 g/mol. The summed E-state index contributed by atoms with van der Waals surface area (Å²) in [4.78, 5) is 7.92. The summed E-state index contributed by atoms with van der Waals surface area (Å²) in [5.41, 5.74) is 3.70. The molecule has 0 spiro atoms. The van der Waals surface area contributed by atoms with Crippen LogP contribution in [0.3, 0.4) is 0 Å². The zero-order valence-corrected chi connectivity index (χ0v) is 13.9. The van der Waals surface area contributed by atoms with Gasteiger partial charge in [0.05, 0.1) is 5.69 Å². The number of fused-ring (bicyclic) bond motifs is 1. The Morgan fingerprint density at radius 1 is 1.30 bits per heavy atom. The number of aryl methyl sites for hydroxylation is 1. The Bertz CT molecular complexity index is 714. The number of anilines is 2. The number of benzene rings is 1. The Morgan fingerprint density at radius 3 is 2.70 bits per heavy atom. The maximum Gasteiger partial charge on any atom is 0.195 e. The molecule has 3 rings (SSSR count). The second kappa shape index (κ2) is 5.58. The summed E-state index contributed by atoms with van der Waals surface area (Å²) in [5.74, 6) is 1.01. The SMILES string of the molecule is CCc1ccc(N(C)c2nc3sccn3c2CBr)cc1. The molecule has 0 aliphatic heterocycles. The van der Waals surface area contributed by atoms with Crippen molar-refractivity contribution in [2.24, 2.45) is 0 Å². The Hall–Kier alpha value is -1.33. The number of hydrogen-bond acceptors (Lipinski definition) is 3. The summed E-state index contributed by atoms with van der Waals surface area (Å²) in [6.45, 7) is 2.17. The molecule has 3 nitrogen and oxygen atoms in total. The molecule has 0 saturated heterocycles. The first-order valence-electron chi connectivity index (χ1n) is 6.57. The van der Waals surface area contributed by atoms with Gasteiger partial charge in [0.2, 0.25) is 0 Å². The standard InChI is InChI=1S/C15H16BrN3S/c1-3-11-4-6-12(7-5-11)18(2)14-13(10-16)19-8-9-20-15(19)17-14/h4-9H,3,10H2,1-2H3. The fraction of sp³-hybridized carbons (Fsp3) is 0.267. The lowest BCUT2D eigenvalue weighted by Gasteiger charge is -2.18. The van der Waals surface area contributed by atoms with Crippen molar-refractivity contribution >= 4 is 43.7 Å². The van der Waals surface area contributed by atoms with Crippen LogP contribution in [0.15, 0.2) is 35.8 Å². The van der Waals surface area contributed by atoms with Crippen LogP contribution >= 0.6 is 27.3 Å². The number of rotatable bonds is 4. The maximum absolute atomic E-state index is 4.74. The molecule has 3 aromatic rings. The van der Waals surface area contributed by atoms with Gasteiger partial charge >= 0.3 is 0 Å². The van der Waals surface area contributed by atoms with Crippen molar-refractivity contribution in [2.75, 3.05) is 11.9 Å². The molecule has 0 atom stereocenters. The third-order valence-corrected chi connectivity index (χ3v) is 4.80. The molecule has 0 fully saturated rings. The van der Waals surface area contributed by atoms with Crippen molar-refractivity contribution in [1.82, 2.24) is 9.38 Å². The molecule has 0 amide bonds. The smallest absolute Gasteiger partial charge is 0.195 e. The Balaban J connectivity index is 2.02. The summed E-state index contributed by atoms with van der Waals surface area (Å²) in [6, 6.07) is 8.67. The van der Waals surface area contributed by atoms with E-state index in [-0.39, 0.29) is 0 Å². The Morgan fingerprint density at radius 2 is 2.05 bits per heavy atom. The van der Waals surface area contributed by atoms with Crippen LogP contribution in [0.2, 0.25) is 0 Å². The number of halogens is 1. The maximum atomic E-state index is 4.74. The van der Waals surface area contributed by atoms with E-state index in [1.54, 1.807) is 11.3 Å². The highest BCUT2D eigenvalue weighted by atomic mass is 79.9. The molecule has 0 aliphatic rings. The van der Waals surface area contributed by atoms with Crippen molar-refractivity contribution < 1.29 is 0 Å². The molecule has 5 heteroatoms. The predicted octanol–water partition coefficient (Wildman–Crippen LogP) is 4.62. The van der Waals surface area contributed by atoms with Gasteiger partial charge in [0.15, 0.2) is 10.8 Å². The van der Waals surface area contributed by atoms with Crippen molar-refractivity contribution in [3.63, 3.8) is 0 Å². The van der Waals surface area contributed by atoms with Gasteiger partial charge in [0.1, 0.15) is 0 Å². The molecule has 104 valence electrons. The third kappa shape index (κ3) is 2.25. The zero-order valence-electron chi connectivity index (χ0n) is 11.5. The molecule has 0 bridgehead atoms. The Labute approximate surface area is 131 Å². The summed E-state index contributed by atoms with van der Waals surface area (Å²) < 4.78 is 2.14. The summed E-state index contributed by atoms with van der Waals surface area (Å²) in [6.07, 6.45) is 3.14. The van der Waals surface area contributed by atoms with E-state index in [1.807, 2.05) is 0 Å². The van der Waals surface area contributed by atoms with Crippen molar-refractivity contribution in [3.8, 4) is 0 Å². The zero-order chi connectivity index (χ0) is 14.1. The molecule has 0 saturated carbocycles. The van der Waals surface area contributed by atoms with Crippen LogP contribution in [0.1, 0.15) is 18.2 Å². The molecule has 2 heterocycles. The summed E-state index contributed by atoms with van der Waals surface area (Å²) in [5, 5.41) is 2.85. The third-order valence-electron chi connectivity index (χ3n) is 3.52. The van der Waals surface area contributed by atoms with E-state index < -0.39 is 0 Å². The van der Waals surface area contributed by atoms with E-state index in [9.17, 15) is 0 Å². The van der Waals surface area contributed by atoms with Gasteiger partial charge in [-0.2, -0.15) is 0 Å². The number of nitrogens with zero attached hydrogens (tertiary/aromatic N) is 3. The lowest BCUT2D eigenvalue weighted by molar-refractivity contribution is 1.08. The molecule has 0 N–H and O–H groups in total. The van der Waals surface area contributed by atoms with Gasteiger partial charge in [-0.3, -0.25) is 4.40 Å². The molecule has 0 aliphatic carbocycles. The van der Waals surface area contributed by atoms with E-state index in [1.165, 1.54) is 11.3 Å². The molecule has 0 unspecified atom stereocenters. The van der Waals surface area contributed by atoms with Crippen molar-refractivity contribution in [1.29, 1.82) is 0 Å². The van der Waals surface area contributed by atoms with Crippen LogP contribution in [-0.2, 0) is 11.8 Å². The first kappa shape index (κ1) is 13.6. The number of hydrogen-bond donors (Lipinski definition) is 0. The van der Waals surface area contributed by atoms with Crippen LogP contribution in [0, 0.1) is 0 Å². The van der Waals surface area contributed by atoms with Crippen LogP contribution in [0.5, 0.6) is 0 Å². The van der Waals surface area contributed by atoms with Crippen LogP contribution in [-0.4, -0.2) is 16.4 Å². The van der Waals surface area contributed by atoms with Gasteiger partial charge in [-0.1, -0.05) is 35.0 Å². The largest absolute Gasteiger partial charge is 0.328 e. The number of aromatic nitrogens is 2. The summed E-state index contributed by atoms with van der Waals surface area (Å²) in [7, 11) is 2.07. The quantitative estimate of drug-likeness (QED) is 0.640. The average Bonchev–Trinajstić information content (AvgIpc) is 3.06. The highest BCUT2D eigenvalue weighted by Crippen LogP contribution is 2.30. The minimum Gasteiger partial charge on any atom is -0.328 e. The van der Waals surface area contributed by atoms with Gasteiger partial charge < -0.3 is 4.90 Å². The molecule has 1 aromatic carbocycles. The number of alkyl halides is 1. The molecular formula is C15H16BrN3S. The number of imidazole rings is 1. The minimum atomic E-state index is 0.789. The molecule has 2 aromatic heterocycles. The van der Waals surface area contributed by atoms with Gasteiger partial charge in [0, 0.05) is 29.6 Å². The van der Waals surface area contributed by atoms with Gasteiger partial charge in [-0.25, -0.2) is 4.98 Å². The van der Waals surface area contributed by atoms with Gasteiger partial charge in [-0.05, 0) is 24.1 Å². The van der Waals surface area contributed by atoms with E-state index in [2.05, 4.69) is 75.0 Å². The van der Waals surface area contributed by atoms with Crippen molar-refractivity contribution in [2.45, 2.75) is 18.7 Å². The minimum absolute atomic E-state index is 0.789. The molecule has 20 heavy (non-hydrogen) atoms. The van der Waals surface area contributed by atoms with E-state index in [0.29, 0.717) is 0 Å². The predicted molar refractivity (Wildman–Crippen MR) is 89.6 cm³/mol. The van der Waals surface area contributed by atoms with E-state index in [4.69, 9.17) is 4.98 Å². The highest BCUT2D eigenvalue weighted by molar-refractivity contribution is 9.08. The highest BCUT2D eigenvalue weighted by Gasteiger charge is 2.16. The van der Waals surface area contributed by atoms with Gasteiger partial charge in [-0.15, -0.1) is 11.3 Å². The topological polar surface area (TPSA) is 20.5 Å². The monoisotopic (exact) mass is 349 g/mol. The normalized spacial score (nSPS) is 11.2. The average molecular weight is 350 g/mol. The van der Waals surface area contributed by atoms with Crippen LogP contribution in [0.25, 0.3) is 4.96 Å². The van der Waals surface area contributed by atoms with Crippen molar-refractivity contribution in [3.05, 3.63) is 47.1 Å². The second-order valence-electron chi connectivity index (χ2n) is 4.65. The first-order chi connectivity index (χ1) is 9.74. The number of thiazole rings is 1. The van der Waals surface area contributed by atoms with E-state index >= 15 is 0 Å². The Kier molecular flexibility index (Phi) is 3.81. The van der Waals surface area contributed by atoms with E-state index in [0.717, 1.165) is 28.2 Å². The fourth-order valence-corrected chi connectivity index (χ4v) is 3.54. The second-order valence-corrected chi connectivity index (χ2v) is 6.08. The lowest BCUT2D eigenvalue weighted by Crippen LogP contribution is -2.12.